The highest BCUT2D eigenvalue weighted by atomic mass is 19.4. The summed E-state index contributed by atoms with van der Waals surface area (Å²) in [6.07, 6.45) is 1.70. The van der Waals surface area contributed by atoms with Crippen molar-refractivity contribution in [3.05, 3.63) is 54.0 Å². The molecule has 1 fully saturated rings. The highest BCUT2D eigenvalue weighted by molar-refractivity contribution is 5.84. The number of amides is 1. The van der Waals surface area contributed by atoms with E-state index in [1.54, 1.807) is 22.9 Å². The molecule has 0 bridgehead atoms. The number of hydrogen-bond acceptors (Lipinski definition) is 5. The topological polar surface area (TPSA) is 106 Å². The van der Waals surface area contributed by atoms with Gasteiger partial charge in [-0.1, -0.05) is 31.4 Å². The number of nitrogens with zero attached hydrogens (tertiary/aromatic N) is 3. The van der Waals surface area contributed by atoms with Gasteiger partial charge in [-0.2, -0.15) is 0 Å². The lowest BCUT2D eigenvalue weighted by molar-refractivity contribution is -0.274. The van der Waals surface area contributed by atoms with E-state index in [0.29, 0.717) is 22.6 Å². The maximum Gasteiger partial charge on any atom is 0.573 e. The van der Waals surface area contributed by atoms with Crippen LogP contribution in [0.5, 0.6) is 5.75 Å². The molecule has 0 spiro atoms. The minimum Gasteiger partial charge on any atom is -0.480 e. The number of aromatic nitrogens is 3. The highest BCUT2D eigenvalue weighted by Gasteiger charge is 2.31. The molecule has 1 aromatic carbocycles. The Morgan fingerprint density at radius 2 is 1.86 bits per heavy atom. The van der Waals surface area contributed by atoms with Crippen LogP contribution < -0.4 is 10.1 Å². The van der Waals surface area contributed by atoms with Crippen molar-refractivity contribution in [1.29, 1.82) is 0 Å². The predicted molar refractivity (Wildman–Crippen MR) is 124 cm³/mol. The molecule has 0 radical (unpaired) electrons. The summed E-state index contributed by atoms with van der Waals surface area (Å²) in [6.45, 7) is 0.274. The second kappa shape index (κ2) is 11.0. The molecule has 1 saturated carbocycles. The van der Waals surface area contributed by atoms with Crippen LogP contribution in [0.25, 0.3) is 11.2 Å². The first kappa shape index (κ1) is 25.5. The van der Waals surface area contributed by atoms with Crippen molar-refractivity contribution >= 4 is 23.0 Å². The number of carboxylic acids is 1. The van der Waals surface area contributed by atoms with Gasteiger partial charge in [0.25, 0.3) is 0 Å². The Labute approximate surface area is 205 Å². The average molecular weight is 505 g/mol. The number of carboxylic acid groups (broad SMARTS) is 1. The fourth-order valence-electron chi connectivity index (χ4n) is 4.66. The van der Waals surface area contributed by atoms with E-state index in [0.717, 1.165) is 32.1 Å². The molecule has 36 heavy (non-hydrogen) atoms. The van der Waals surface area contributed by atoms with Crippen molar-refractivity contribution in [1.82, 2.24) is 19.9 Å². The highest BCUT2D eigenvalue weighted by Crippen LogP contribution is 2.27. The Bertz CT molecular complexity index is 1200. The number of halogens is 3. The molecule has 1 amide bonds. The van der Waals surface area contributed by atoms with Gasteiger partial charge >= 0.3 is 12.3 Å². The van der Waals surface area contributed by atoms with E-state index in [4.69, 9.17) is 0 Å². The Kier molecular flexibility index (Phi) is 7.76. The number of ether oxygens (including phenoxy) is 1. The van der Waals surface area contributed by atoms with E-state index in [-0.39, 0.29) is 37.0 Å². The van der Waals surface area contributed by atoms with E-state index in [2.05, 4.69) is 20.0 Å². The molecule has 11 heteroatoms. The summed E-state index contributed by atoms with van der Waals surface area (Å²) in [5.41, 5.74) is 1.90. The molecule has 4 rings (SSSR count). The zero-order valence-corrected chi connectivity index (χ0v) is 19.5. The van der Waals surface area contributed by atoms with Gasteiger partial charge in [0.15, 0.2) is 5.65 Å². The largest absolute Gasteiger partial charge is 0.573 e. The SMILES string of the molecule is O=C(CCc1nc2cccnc2n1Cc1ccc(OC(F)(F)F)cc1)NC(C(=O)O)C1CCCCC1. The van der Waals surface area contributed by atoms with E-state index in [1.165, 1.54) is 24.3 Å². The lowest BCUT2D eigenvalue weighted by Gasteiger charge is -2.28. The molecule has 2 N–H and O–H groups in total. The summed E-state index contributed by atoms with van der Waals surface area (Å²) in [7, 11) is 0. The molecular weight excluding hydrogens is 477 g/mol. The molecule has 192 valence electrons. The lowest BCUT2D eigenvalue weighted by Crippen LogP contribution is -2.46. The quantitative estimate of drug-likeness (QED) is 0.446. The van der Waals surface area contributed by atoms with Gasteiger partial charge in [-0.05, 0) is 48.6 Å². The monoisotopic (exact) mass is 504 g/mol. The van der Waals surface area contributed by atoms with Crippen LogP contribution in [0.3, 0.4) is 0 Å². The number of carbonyl (C=O) groups excluding carboxylic acids is 1. The van der Waals surface area contributed by atoms with Gasteiger partial charge in [0.1, 0.15) is 23.1 Å². The Balaban J connectivity index is 1.46. The third-order valence-corrected chi connectivity index (χ3v) is 6.36. The maximum absolute atomic E-state index is 12.7. The molecule has 0 aliphatic heterocycles. The van der Waals surface area contributed by atoms with Crippen LogP contribution in [-0.2, 0) is 22.6 Å². The zero-order valence-electron chi connectivity index (χ0n) is 19.5. The fourth-order valence-corrected chi connectivity index (χ4v) is 4.66. The van der Waals surface area contributed by atoms with Crippen LogP contribution >= 0.6 is 0 Å². The van der Waals surface area contributed by atoms with Crippen molar-refractivity contribution in [3.63, 3.8) is 0 Å². The fraction of sp³-hybridized carbons (Fsp3) is 0.440. The van der Waals surface area contributed by atoms with Crippen molar-refractivity contribution in [2.24, 2.45) is 5.92 Å². The predicted octanol–water partition coefficient (Wildman–Crippen LogP) is 4.46. The summed E-state index contributed by atoms with van der Waals surface area (Å²) < 4.78 is 43.1. The van der Waals surface area contributed by atoms with Gasteiger partial charge in [-0.3, -0.25) is 4.79 Å². The molecule has 8 nitrogen and oxygen atoms in total. The van der Waals surface area contributed by atoms with E-state index in [1.807, 2.05) is 0 Å². The van der Waals surface area contributed by atoms with Gasteiger partial charge in [0.2, 0.25) is 5.91 Å². The first-order valence-electron chi connectivity index (χ1n) is 11.9. The number of nitrogens with one attached hydrogen (secondary N) is 1. The summed E-state index contributed by atoms with van der Waals surface area (Å²) in [4.78, 5) is 33.4. The van der Waals surface area contributed by atoms with Crippen LogP contribution in [0.1, 0.15) is 49.9 Å². The average Bonchev–Trinajstić information content (AvgIpc) is 3.19. The minimum absolute atomic E-state index is 0.0399. The van der Waals surface area contributed by atoms with Gasteiger partial charge in [-0.25, -0.2) is 14.8 Å². The van der Waals surface area contributed by atoms with E-state index >= 15 is 0 Å². The summed E-state index contributed by atoms with van der Waals surface area (Å²) in [5.74, 6) is -1.21. The maximum atomic E-state index is 12.7. The molecule has 1 aliphatic carbocycles. The number of carbonyl (C=O) groups is 2. The van der Waals surface area contributed by atoms with Crippen LogP contribution in [-0.4, -0.2) is 43.9 Å². The normalized spacial score (nSPS) is 15.5. The van der Waals surface area contributed by atoms with Crippen molar-refractivity contribution in [2.45, 2.75) is 63.9 Å². The first-order valence-corrected chi connectivity index (χ1v) is 11.9. The number of aliphatic carboxylic acids is 1. The van der Waals surface area contributed by atoms with Crippen LogP contribution in [0.15, 0.2) is 42.6 Å². The third-order valence-electron chi connectivity index (χ3n) is 6.36. The molecule has 3 aromatic rings. The number of alkyl halides is 3. The molecule has 1 aliphatic rings. The number of benzene rings is 1. The van der Waals surface area contributed by atoms with Crippen molar-refractivity contribution in [3.8, 4) is 5.75 Å². The second-order valence-electron chi connectivity index (χ2n) is 8.93. The summed E-state index contributed by atoms with van der Waals surface area (Å²) in [5, 5.41) is 12.3. The molecule has 2 aromatic heterocycles. The van der Waals surface area contributed by atoms with Crippen molar-refractivity contribution < 1.29 is 32.6 Å². The van der Waals surface area contributed by atoms with Gasteiger partial charge in [0.05, 0.1) is 6.54 Å². The number of pyridine rings is 1. The van der Waals surface area contributed by atoms with Crippen LogP contribution in [0.4, 0.5) is 13.2 Å². The first-order chi connectivity index (χ1) is 17.2. The Hall–Kier alpha value is -3.63. The Morgan fingerprint density at radius 3 is 2.53 bits per heavy atom. The number of rotatable bonds is 9. The van der Waals surface area contributed by atoms with Crippen LogP contribution in [0, 0.1) is 5.92 Å². The number of fused-ring (bicyclic) bond motifs is 1. The smallest absolute Gasteiger partial charge is 0.480 e. The third kappa shape index (κ3) is 6.52. The van der Waals surface area contributed by atoms with Gasteiger partial charge < -0.3 is 19.7 Å². The summed E-state index contributed by atoms with van der Waals surface area (Å²) >= 11 is 0. The van der Waals surface area contributed by atoms with Crippen molar-refractivity contribution in [2.75, 3.05) is 0 Å². The van der Waals surface area contributed by atoms with E-state index in [9.17, 15) is 27.9 Å². The second-order valence-corrected chi connectivity index (χ2v) is 8.93. The summed E-state index contributed by atoms with van der Waals surface area (Å²) in [6, 6.07) is 8.13. The molecule has 1 atom stereocenters. The van der Waals surface area contributed by atoms with Gasteiger partial charge in [0, 0.05) is 19.0 Å². The molecule has 1 unspecified atom stereocenters. The molecular formula is C25H27F3N4O4. The van der Waals surface area contributed by atoms with Crippen LogP contribution in [0.2, 0.25) is 0 Å². The molecule has 0 saturated heterocycles. The van der Waals surface area contributed by atoms with E-state index < -0.39 is 18.4 Å². The molecule has 2 heterocycles. The number of imidazole rings is 1. The lowest BCUT2D eigenvalue weighted by atomic mass is 9.84. The standard InChI is InChI=1S/C25H27F3N4O4/c26-25(27,28)36-18-10-8-16(9-11-18)15-32-20(30-19-7-4-14-29-23(19)32)12-13-21(33)31-22(24(34)35)17-5-2-1-3-6-17/h4,7-11,14,17,22H,1-3,5-6,12-13,15H2,(H,31,33)(H,34,35). The number of aryl methyl sites for hydroxylation is 1. The van der Waals surface area contributed by atoms with Gasteiger partial charge in [-0.15, -0.1) is 13.2 Å². The minimum atomic E-state index is -4.77. The zero-order chi connectivity index (χ0) is 25.7. The Morgan fingerprint density at radius 1 is 1.14 bits per heavy atom. The number of hydrogen-bond donors (Lipinski definition) is 2.